The lowest BCUT2D eigenvalue weighted by atomic mass is 10.2. The second-order valence-electron chi connectivity index (χ2n) is 6.10. The molecule has 0 aliphatic rings. The maximum Gasteiger partial charge on any atom is 0.190 e. The summed E-state index contributed by atoms with van der Waals surface area (Å²) in [6.07, 6.45) is 7.90. The van der Waals surface area contributed by atoms with Gasteiger partial charge in [-0.05, 0) is 37.3 Å². The van der Waals surface area contributed by atoms with Crippen molar-refractivity contribution in [2.24, 2.45) is 4.99 Å². The van der Waals surface area contributed by atoms with E-state index in [9.17, 15) is 0 Å². The fourth-order valence-corrected chi connectivity index (χ4v) is 2.57. The summed E-state index contributed by atoms with van der Waals surface area (Å²) in [5.41, 5.74) is 1.33. The Morgan fingerprint density at radius 3 is 2.52 bits per heavy atom. The van der Waals surface area contributed by atoms with Crippen LogP contribution in [0.2, 0.25) is 0 Å². The minimum absolute atomic E-state index is 0. The first-order valence-electron chi connectivity index (χ1n) is 9.42. The van der Waals surface area contributed by atoms with Gasteiger partial charge in [-0.3, -0.25) is 9.67 Å². The Labute approximate surface area is 179 Å². The van der Waals surface area contributed by atoms with E-state index in [1.54, 1.807) is 13.2 Å². The SMILES string of the molecule is CN=C(NCCCCOCCc1ccccc1)NCCCn1cccn1.I. The molecule has 27 heavy (non-hydrogen) atoms. The van der Waals surface area contributed by atoms with Gasteiger partial charge in [0.2, 0.25) is 0 Å². The second kappa shape index (κ2) is 15.4. The molecule has 0 aliphatic heterocycles. The van der Waals surface area contributed by atoms with Crippen molar-refractivity contribution in [3.05, 3.63) is 54.4 Å². The molecule has 1 heterocycles. The topological polar surface area (TPSA) is 63.5 Å². The molecule has 0 bridgehead atoms. The number of halogens is 1. The van der Waals surface area contributed by atoms with Gasteiger partial charge in [0, 0.05) is 45.7 Å². The fraction of sp³-hybridized carbons (Fsp3) is 0.500. The molecule has 0 amide bonds. The van der Waals surface area contributed by atoms with Crippen molar-refractivity contribution in [3.8, 4) is 0 Å². The summed E-state index contributed by atoms with van der Waals surface area (Å²) in [4.78, 5) is 4.24. The van der Waals surface area contributed by atoms with E-state index >= 15 is 0 Å². The molecule has 0 saturated carbocycles. The van der Waals surface area contributed by atoms with E-state index in [0.717, 1.165) is 64.5 Å². The third kappa shape index (κ3) is 11.0. The highest BCUT2D eigenvalue weighted by Gasteiger charge is 1.98. The van der Waals surface area contributed by atoms with Crippen LogP contribution in [0, 0.1) is 0 Å². The summed E-state index contributed by atoms with van der Waals surface area (Å²) in [6, 6.07) is 12.4. The van der Waals surface area contributed by atoms with Gasteiger partial charge in [-0.2, -0.15) is 5.10 Å². The average Bonchev–Trinajstić information content (AvgIpc) is 3.20. The Bertz CT molecular complexity index is 604. The first-order valence-corrected chi connectivity index (χ1v) is 9.42. The van der Waals surface area contributed by atoms with Crippen molar-refractivity contribution in [2.45, 2.75) is 32.2 Å². The Balaban J connectivity index is 0.00000364. The lowest BCUT2D eigenvalue weighted by molar-refractivity contribution is 0.133. The molecule has 2 rings (SSSR count). The average molecular weight is 485 g/mol. The van der Waals surface area contributed by atoms with E-state index in [2.05, 4.69) is 45.0 Å². The zero-order valence-electron chi connectivity index (χ0n) is 16.1. The highest BCUT2D eigenvalue weighted by molar-refractivity contribution is 14.0. The number of unbranched alkanes of at least 4 members (excludes halogenated alkanes) is 1. The van der Waals surface area contributed by atoms with Crippen molar-refractivity contribution >= 4 is 29.9 Å². The summed E-state index contributed by atoms with van der Waals surface area (Å²) < 4.78 is 7.64. The van der Waals surface area contributed by atoms with E-state index < -0.39 is 0 Å². The van der Waals surface area contributed by atoms with Crippen LogP contribution in [0.15, 0.2) is 53.8 Å². The molecule has 0 atom stereocenters. The zero-order chi connectivity index (χ0) is 18.3. The maximum absolute atomic E-state index is 5.70. The van der Waals surface area contributed by atoms with Crippen LogP contribution in [0.25, 0.3) is 0 Å². The molecule has 2 N–H and O–H groups in total. The number of hydrogen-bond donors (Lipinski definition) is 2. The van der Waals surface area contributed by atoms with Crippen molar-refractivity contribution in [3.63, 3.8) is 0 Å². The van der Waals surface area contributed by atoms with E-state index in [1.165, 1.54) is 5.56 Å². The van der Waals surface area contributed by atoms with E-state index in [0.29, 0.717) is 0 Å². The standard InChI is InChI=1S/C20H31N5O.HI/c1-21-20(23-13-7-15-25-16-8-14-24-25)22-12-5-6-17-26-18-11-19-9-3-2-4-10-19;/h2-4,8-10,14,16H,5-7,11-13,15,17-18H2,1H3,(H2,21,22,23);1H. The quantitative estimate of drug-likeness (QED) is 0.210. The lowest BCUT2D eigenvalue weighted by Crippen LogP contribution is -2.38. The monoisotopic (exact) mass is 485 g/mol. The normalized spacial score (nSPS) is 11.1. The number of guanidine groups is 1. The van der Waals surface area contributed by atoms with Gasteiger partial charge in [0.1, 0.15) is 0 Å². The summed E-state index contributed by atoms with van der Waals surface area (Å²) in [6.45, 7) is 4.29. The van der Waals surface area contributed by atoms with E-state index in [1.807, 2.05) is 23.0 Å². The van der Waals surface area contributed by atoms with Crippen molar-refractivity contribution < 1.29 is 4.74 Å². The highest BCUT2D eigenvalue weighted by Crippen LogP contribution is 2.00. The van der Waals surface area contributed by atoms with E-state index in [-0.39, 0.29) is 24.0 Å². The molecule has 1 aromatic heterocycles. The van der Waals surface area contributed by atoms with Crippen molar-refractivity contribution in [1.29, 1.82) is 0 Å². The van der Waals surface area contributed by atoms with Crippen LogP contribution in [0.3, 0.4) is 0 Å². The molecule has 0 unspecified atom stereocenters. The molecule has 0 saturated heterocycles. The van der Waals surface area contributed by atoms with Gasteiger partial charge in [-0.25, -0.2) is 0 Å². The van der Waals surface area contributed by atoms with E-state index in [4.69, 9.17) is 4.74 Å². The summed E-state index contributed by atoms with van der Waals surface area (Å²) in [7, 11) is 1.80. The number of ether oxygens (including phenoxy) is 1. The molecule has 0 aliphatic carbocycles. The first-order chi connectivity index (χ1) is 12.9. The van der Waals surface area contributed by atoms with Gasteiger partial charge in [0.05, 0.1) is 6.61 Å². The number of aromatic nitrogens is 2. The zero-order valence-corrected chi connectivity index (χ0v) is 18.5. The molecule has 0 fully saturated rings. The molecule has 7 heteroatoms. The molecule has 1 aromatic carbocycles. The Morgan fingerprint density at radius 2 is 1.81 bits per heavy atom. The molecule has 6 nitrogen and oxygen atoms in total. The number of nitrogens with one attached hydrogen (secondary N) is 2. The minimum atomic E-state index is 0. The summed E-state index contributed by atoms with van der Waals surface area (Å²) in [5, 5.41) is 10.9. The van der Waals surface area contributed by atoms with Gasteiger partial charge < -0.3 is 15.4 Å². The van der Waals surface area contributed by atoms with Gasteiger partial charge in [-0.1, -0.05) is 30.3 Å². The maximum atomic E-state index is 5.70. The number of nitrogens with zero attached hydrogens (tertiary/aromatic N) is 3. The van der Waals surface area contributed by atoms with Crippen LogP contribution < -0.4 is 10.6 Å². The van der Waals surface area contributed by atoms with Crippen LogP contribution in [-0.4, -0.2) is 49.1 Å². The van der Waals surface area contributed by atoms with Gasteiger partial charge >= 0.3 is 0 Å². The molecule has 2 aromatic rings. The number of aryl methyl sites for hydroxylation is 1. The summed E-state index contributed by atoms with van der Waals surface area (Å²) >= 11 is 0. The third-order valence-corrected chi connectivity index (χ3v) is 4.03. The van der Waals surface area contributed by atoms with Crippen LogP contribution in [0.5, 0.6) is 0 Å². The fourth-order valence-electron chi connectivity index (χ4n) is 2.57. The van der Waals surface area contributed by atoms with Gasteiger partial charge in [0.15, 0.2) is 5.96 Å². The first kappa shape index (κ1) is 23.4. The second-order valence-corrected chi connectivity index (χ2v) is 6.10. The smallest absolute Gasteiger partial charge is 0.190 e. The Kier molecular flexibility index (Phi) is 13.4. The lowest BCUT2D eigenvalue weighted by Gasteiger charge is -2.12. The Morgan fingerprint density at radius 1 is 1.04 bits per heavy atom. The minimum Gasteiger partial charge on any atom is -0.381 e. The van der Waals surface area contributed by atoms with Crippen LogP contribution in [-0.2, 0) is 17.7 Å². The molecule has 0 radical (unpaired) electrons. The molecular formula is C20H32IN5O. The van der Waals surface area contributed by atoms with Gasteiger partial charge in [-0.15, -0.1) is 24.0 Å². The molecule has 150 valence electrons. The number of rotatable bonds is 12. The van der Waals surface area contributed by atoms with Crippen LogP contribution in [0.1, 0.15) is 24.8 Å². The van der Waals surface area contributed by atoms with Crippen molar-refractivity contribution in [2.75, 3.05) is 33.4 Å². The van der Waals surface area contributed by atoms with Crippen LogP contribution >= 0.6 is 24.0 Å². The predicted octanol–water partition coefficient (Wildman–Crippen LogP) is 3.10. The number of aliphatic imine (C=N–C) groups is 1. The molecule has 0 spiro atoms. The predicted molar refractivity (Wildman–Crippen MR) is 122 cm³/mol. The van der Waals surface area contributed by atoms with Crippen LogP contribution in [0.4, 0.5) is 0 Å². The highest BCUT2D eigenvalue weighted by atomic mass is 127. The summed E-state index contributed by atoms with van der Waals surface area (Å²) in [5.74, 6) is 0.857. The Hall–Kier alpha value is -1.61. The third-order valence-electron chi connectivity index (χ3n) is 4.03. The number of hydrogen-bond acceptors (Lipinski definition) is 3. The van der Waals surface area contributed by atoms with Gasteiger partial charge in [0.25, 0.3) is 0 Å². The van der Waals surface area contributed by atoms with Crippen molar-refractivity contribution in [1.82, 2.24) is 20.4 Å². The number of benzene rings is 1. The molecular weight excluding hydrogens is 453 g/mol. The largest absolute Gasteiger partial charge is 0.381 e.